The molecule has 8 heteroatoms. The Hall–Kier alpha value is -2.14. The zero-order valence-electron chi connectivity index (χ0n) is 16.2. The minimum absolute atomic E-state index is 0.0366. The van der Waals surface area contributed by atoms with E-state index in [0.717, 1.165) is 38.6 Å². The monoisotopic (exact) mass is 387 g/mol. The number of carbonyl (C=O) groups excluding carboxylic acids is 3. The lowest BCUT2D eigenvalue weighted by molar-refractivity contribution is -0.141. The van der Waals surface area contributed by atoms with E-state index in [0.29, 0.717) is 38.3 Å². The largest absolute Gasteiger partial charge is 0.356 e. The minimum Gasteiger partial charge on any atom is -0.356 e. The number of carbonyl (C=O) groups is 3. The lowest BCUT2D eigenvalue weighted by Crippen LogP contribution is -2.54. The van der Waals surface area contributed by atoms with Gasteiger partial charge in [-0.05, 0) is 51.0 Å². The van der Waals surface area contributed by atoms with Crippen molar-refractivity contribution in [1.82, 2.24) is 20.9 Å². The molecular formula is C20H29N5O3. The van der Waals surface area contributed by atoms with Crippen molar-refractivity contribution in [2.45, 2.75) is 69.0 Å². The minimum atomic E-state index is -0.709. The summed E-state index contributed by atoms with van der Waals surface area (Å²) in [6.45, 7) is 2.05. The van der Waals surface area contributed by atoms with Crippen LogP contribution in [-0.4, -0.2) is 59.9 Å². The molecule has 4 rings (SSSR count). The van der Waals surface area contributed by atoms with Crippen LogP contribution in [0.1, 0.15) is 51.4 Å². The third-order valence-electron chi connectivity index (χ3n) is 6.78. The highest BCUT2D eigenvalue weighted by atomic mass is 16.2. The summed E-state index contributed by atoms with van der Waals surface area (Å²) in [4.78, 5) is 39.8. The number of nitrogens with zero attached hydrogens (tertiary/aromatic N) is 2. The maximum Gasteiger partial charge on any atom is 0.243 e. The molecule has 0 aromatic heterocycles. The smallest absolute Gasteiger partial charge is 0.243 e. The first-order valence-corrected chi connectivity index (χ1v) is 10.6. The second-order valence-corrected chi connectivity index (χ2v) is 8.76. The third-order valence-corrected chi connectivity index (χ3v) is 6.78. The van der Waals surface area contributed by atoms with Crippen LogP contribution in [0, 0.1) is 23.2 Å². The van der Waals surface area contributed by atoms with Crippen LogP contribution in [0.4, 0.5) is 0 Å². The summed E-state index contributed by atoms with van der Waals surface area (Å²) >= 11 is 0. The van der Waals surface area contributed by atoms with Crippen molar-refractivity contribution in [3.8, 4) is 6.07 Å². The van der Waals surface area contributed by atoms with Gasteiger partial charge in [0.25, 0.3) is 0 Å². The Morgan fingerprint density at radius 2 is 2.07 bits per heavy atom. The Bertz CT molecular complexity index is 692. The molecular weight excluding hydrogens is 358 g/mol. The maximum atomic E-state index is 13.1. The van der Waals surface area contributed by atoms with Crippen molar-refractivity contribution in [3.63, 3.8) is 0 Å². The van der Waals surface area contributed by atoms with Crippen LogP contribution < -0.4 is 16.0 Å². The van der Waals surface area contributed by atoms with Crippen LogP contribution >= 0.6 is 0 Å². The molecule has 0 bridgehead atoms. The summed E-state index contributed by atoms with van der Waals surface area (Å²) in [5, 5.41) is 18.5. The third kappa shape index (κ3) is 3.72. The van der Waals surface area contributed by atoms with E-state index >= 15 is 0 Å². The molecule has 152 valence electrons. The van der Waals surface area contributed by atoms with Crippen molar-refractivity contribution in [1.29, 1.82) is 5.26 Å². The summed E-state index contributed by atoms with van der Waals surface area (Å²) in [6.07, 6.45) is 6.43. The Balaban J connectivity index is 1.43. The highest BCUT2D eigenvalue weighted by molar-refractivity contribution is 5.94. The zero-order valence-corrected chi connectivity index (χ0v) is 16.2. The molecule has 4 fully saturated rings. The molecule has 0 radical (unpaired) electrons. The van der Waals surface area contributed by atoms with Gasteiger partial charge in [0.05, 0.1) is 11.6 Å². The van der Waals surface area contributed by atoms with Crippen LogP contribution in [0.5, 0.6) is 0 Å². The molecule has 1 saturated carbocycles. The summed E-state index contributed by atoms with van der Waals surface area (Å²) in [5.41, 5.74) is -0.487. The number of hydrogen-bond donors (Lipinski definition) is 3. The van der Waals surface area contributed by atoms with Crippen molar-refractivity contribution in [2.75, 3.05) is 19.6 Å². The normalized spacial score (nSPS) is 31.7. The predicted molar refractivity (Wildman–Crippen MR) is 101 cm³/mol. The van der Waals surface area contributed by atoms with Crippen LogP contribution in [0.25, 0.3) is 0 Å². The molecule has 4 aliphatic rings. The van der Waals surface area contributed by atoms with Gasteiger partial charge < -0.3 is 20.9 Å². The SMILES string of the molecule is N#CC(CC1CCNC1=O)NC(=O)C(CC1CC1)N1CCC2(CCCN2)C1=O. The molecule has 3 aliphatic heterocycles. The van der Waals surface area contributed by atoms with Crippen molar-refractivity contribution >= 4 is 17.7 Å². The molecule has 1 aliphatic carbocycles. The fourth-order valence-electron chi connectivity index (χ4n) is 4.91. The van der Waals surface area contributed by atoms with E-state index in [1.54, 1.807) is 4.90 Å². The second-order valence-electron chi connectivity index (χ2n) is 8.76. The molecule has 4 unspecified atom stereocenters. The number of hydrogen-bond acceptors (Lipinski definition) is 5. The van der Waals surface area contributed by atoms with E-state index in [4.69, 9.17) is 0 Å². The van der Waals surface area contributed by atoms with Gasteiger partial charge in [-0.25, -0.2) is 0 Å². The Morgan fingerprint density at radius 1 is 1.25 bits per heavy atom. The maximum absolute atomic E-state index is 13.1. The first kappa shape index (κ1) is 19.2. The van der Waals surface area contributed by atoms with Crippen LogP contribution in [-0.2, 0) is 14.4 Å². The predicted octanol–water partition coefficient (Wildman–Crippen LogP) is 0.0442. The fourth-order valence-corrected chi connectivity index (χ4v) is 4.91. The Labute approximate surface area is 165 Å². The van der Waals surface area contributed by atoms with Gasteiger partial charge in [0, 0.05) is 19.0 Å². The molecule has 0 aromatic rings. The number of nitriles is 1. The lowest BCUT2D eigenvalue weighted by Gasteiger charge is -2.30. The lowest BCUT2D eigenvalue weighted by atomic mass is 9.95. The molecule has 1 spiro atoms. The van der Waals surface area contributed by atoms with Crippen molar-refractivity contribution < 1.29 is 14.4 Å². The van der Waals surface area contributed by atoms with Crippen molar-refractivity contribution in [3.05, 3.63) is 0 Å². The topological polar surface area (TPSA) is 114 Å². The molecule has 3 heterocycles. The van der Waals surface area contributed by atoms with Gasteiger partial charge in [-0.1, -0.05) is 12.8 Å². The average molecular weight is 387 g/mol. The molecule has 28 heavy (non-hydrogen) atoms. The van der Waals surface area contributed by atoms with Gasteiger partial charge >= 0.3 is 0 Å². The standard InChI is InChI=1S/C20H29N5O3/c21-12-15(11-14-4-8-22-17(14)26)24-18(27)16(10-13-2-3-13)25-9-6-20(19(25)28)5-1-7-23-20/h13-16,23H,1-11H2,(H,22,26)(H,24,27). The zero-order chi connectivity index (χ0) is 19.7. The first-order chi connectivity index (χ1) is 13.5. The second kappa shape index (κ2) is 7.70. The molecule has 4 atom stereocenters. The average Bonchev–Trinajstić information content (AvgIpc) is 3.07. The highest BCUT2D eigenvalue weighted by Gasteiger charge is 2.51. The Morgan fingerprint density at radius 3 is 2.68 bits per heavy atom. The number of amides is 3. The van der Waals surface area contributed by atoms with E-state index in [9.17, 15) is 19.6 Å². The summed E-state index contributed by atoms with van der Waals surface area (Å²) < 4.78 is 0. The Kier molecular flexibility index (Phi) is 5.28. The van der Waals surface area contributed by atoms with Crippen LogP contribution in [0.2, 0.25) is 0 Å². The summed E-state index contributed by atoms with van der Waals surface area (Å²) in [5.74, 6) is -0.00767. The van der Waals surface area contributed by atoms with E-state index in [1.807, 2.05) is 0 Å². The molecule has 8 nitrogen and oxygen atoms in total. The fraction of sp³-hybridized carbons (Fsp3) is 0.800. The molecule has 3 N–H and O–H groups in total. The molecule has 3 amide bonds. The van der Waals surface area contributed by atoms with Gasteiger partial charge in [-0.3, -0.25) is 14.4 Å². The van der Waals surface area contributed by atoms with E-state index < -0.39 is 17.6 Å². The number of nitrogens with one attached hydrogen (secondary N) is 3. The number of rotatable bonds is 7. The van der Waals surface area contributed by atoms with Gasteiger partial charge in [0.2, 0.25) is 17.7 Å². The molecule has 3 saturated heterocycles. The van der Waals surface area contributed by atoms with Crippen molar-refractivity contribution in [2.24, 2.45) is 11.8 Å². The van der Waals surface area contributed by atoms with E-state index in [2.05, 4.69) is 22.0 Å². The summed E-state index contributed by atoms with van der Waals surface area (Å²) in [7, 11) is 0. The van der Waals surface area contributed by atoms with E-state index in [-0.39, 0.29) is 23.6 Å². The van der Waals surface area contributed by atoms with Crippen LogP contribution in [0.3, 0.4) is 0 Å². The first-order valence-electron chi connectivity index (χ1n) is 10.6. The highest BCUT2D eigenvalue weighted by Crippen LogP contribution is 2.38. The van der Waals surface area contributed by atoms with Gasteiger partial charge in [0.1, 0.15) is 12.1 Å². The molecule has 0 aromatic carbocycles. The van der Waals surface area contributed by atoms with Gasteiger partial charge in [-0.15, -0.1) is 0 Å². The number of likely N-dealkylation sites (tertiary alicyclic amines) is 1. The summed E-state index contributed by atoms with van der Waals surface area (Å²) in [6, 6.07) is 0.899. The van der Waals surface area contributed by atoms with Crippen LogP contribution in [0.15, 0.2) is 0 Å². The van der Waals surface area contributed by atoms with Gasteiger partial charge in [-0.2, -0.15) is 5.26 Å². The van der Waals surface area contributed by atoms with Gasteiger partial charge in [0.15, 0.2) is 0 Å². The van der Waals surface area contributed by atoms with E-state index in [1.165, 1.54) is 0 Å². The quantitative estimate of drug-likeness (QED) is 0.571.